The van der Waals surface area contributed by atoms with Crippen LogP contribution in [0.25, 0.3) is 11.1 Å². The van der Waals surface area contributed by atoms with E-state index in [0.29, 0.717) is 29.2 Å². The molecule has 0 fully saturated rings. The predicted molar refractivity (Wildman–Crippen MR) is 106 cm³/mol. The molecule has 29 heavy (non-hydrogen) atoms. The van der Waals surface area contributed by atoms with E-state index in [1.807, 2.05) is 29.7 Å². The van der Waals surface area contributed by atoms with E-state index in [9.17, 15) is 18.4 Å². The number of hydrogen-bond acceptors (Lipinski definition) is 4. The summed E-state index contributed by atoms with van der Waals surface area (Å²) in [6.07, 6.45) is -3.89. The molecule has 3 aromatic rings. The maximum Gasteiger partial charge on any atom is 0.408 e. The number of halogens is 3. The van der Waals surface area contributed by atoms with Crippen LogP contribution in [0.2, 0.25) is 0 Å². The average Bonchev–Trinajstić information content (AvgIpc) is 2.93. The van der Waals surface area contributed by atoms with Crippen LogP contribution in [-0.2, 0) is 13.0 Å². The van der Waals surface area contributed by atoms with Crippen molar-refractivity contribution in [1.29, 1.82) is 0 Å². The minimum absolute atomic E-state index is 0.426. The minimum atomic E-state index is -4.33. The van der Waals surface area contributed by atoms with Gasteiger partial charge in [0, 0.05) is 28.9 Å². The molecule has 0 saturated carbocycles. The first-order valence-corrected chi connectivity index (χ1v) is 8.97. The lowest BCUT2D eigenvalue weighted by atomic mass is 9.97. The third kappa shape index (κ3) is 4.71. The fourth-order valence-corrected chi connectivity index (χ4v) is 3.36. The summed E-state index contributed by atoms with van der Waals surface area (Å²) in [5.41, 5.74) is 6.62. The SMILES string of the molecule is COc1ccc(Cc2c(C)nn(CC(F)(F)F)c2C)cc1-c1cccc(N[O-])c1. The van der Waals surface area contributed by atoms with E-state index in [1.165, 1.54) is 0 Å². The standard InChI is InChI=1S/C21H21F3N3O2/c1-13-18(14(2)27(25-13)12-21(22,23)24)9-15-7-8-20(29-3)19(10-15)16-5-4-6-17(11-16)26-28/h4-8,10-11,26H,9,12H2,1-3H3/q-1. The molecule has 0 aliphatic rings. The summed E-state index contributed by atoms with van der Waals surface area (Å²) in [5, 5.41) is 15.0. The van der Waals surface area contributed by atoms with Crippen molar-refractivity contribution >= 4 is 5.69 Å². The Kier molecular flexibility index (Phi) is 5.83. The third-order valence-corrected chi connectivity index (χ3v) is 4.80. The number of ether oxygens (including phenoxy) is 1. The van der Waals surface area contributed by atoms with Gasteiger partial charge in [-0.2, -0.15) is 18.3 Å². The van der Waals surface area contributed by atoms with E-state index < -0.39 is 12.7 Å². The summed E-state index contributed by atoms with van der Waals surface area (Å²) < 4.78 is 44.8. The first kappa shape index (κ1) is 20.7. The van der Waals surface area contributed by atoms with Crippen LogP contribution >= 0.6 is 0 Å². The highest BCUT2D eigenvalue weighted by Gasteiger charge is 2.30. The Hall–Kier alpha value is -3.00. The lowest BCUT2D eigenvalue weighted by Gasteiger charge is -2.14. The first-order chi connectivity index (χ1) is 13.7. The number of nitrogens with zero attached hydrogens (tertiary/aromatic N) is 2. The van der Waals surface area contributed by atoms with Gasteiger partial charge in [0.25, 0.3) is 0 Å². The first-order valence-electron chi connectivity index (χ1n) is 8.97. The van der Waals surface area contributed by atoms with Crippen molar-refractivity contribution in [2.24, 2.45) is 0 Å². The molecule has 8 heteroatoms. The molecule has 1 aromatic heterocycles. The molecule has 154 valence electrons. The predicted octanol–water partition coefficient (Wildman–Crippen LogP) is 5.24. The van der Waals surface area contributed by atoms with E-state index >= 15 is 0 Å². The van der Waals surface area contributed by atoms with E-state index in [-0.39, 0.29) is 0 Å². The van der Waals surface area contributed by atoms with Gasteiger partial charge in [0.1, 0.15) is 12.3 Å². The molecule has 0 aliphatic carbocycles. The molecule has 1 heterocycles. The topological polar surface area (TPSA) is 62.1 Å². The smallest absolute Gasteiger partial charge is 0.408 e. The quantitative estimate of drug-likeness (QED) is 0.571. The minimum Gasteiger partial charge on any atom is -0.761 e. The third-order valence-electron chi connectivity index (χ3n) is 4.80. The van der Waals surface area contributed by atoms with Crippen LogP contribution in [0.4, 0.5) is 18.9 Å². The molecule has 0 unspecified atom stereocenters. The molecular formula is C21H21F3N3O2-. The molecular weight excluding hydrogens is 383 g/mol. The molecule has 0 spiro atoms. The number of aryl methyl sites for hydroxylation is 1. The van der Waals surface area contributed by atoms with Gasteiger partial charge in [0.15, 0.2) is 0 Å². The van der Waals surface area contributed by atoms with E-state index in [0.717, 1.165) is 26.9 Å². The number of rotatable bonds is 6. The van der Waals surface area contributed by atoms with Crippen molar-refractivity contribution < 1.29 is 17.9 Å². The van der Waals surface area contributed by atoms with Crippen LogP contribution in [0.1, 0.15) is 22.5 Å². The Morgan fingerprint density at radius 1 is 1.14 bits per heavy atom. The van der Waals surface area contributed by atoms with Crippen molar-refractivity contribution in [2.45, 2.75) is 33.0 Å². The normalized spacial score (nSPS) is 11.6. The number of aromatic nitrogens is 2. The number of alkyl halides is 3. The second kappa shape index (κ2) is 8.16. The molecule has 0 amide bonds. The Balaban J connectivity index is 1.97. The van der Waals surface area contributed by atoms with Crippen LogP contribution in [0, 0.1) is 19.1 Å². The van der Waals surface area contributed by atoms with Crippen molar-refractivity contribution in [2.75, 3.05) is 12.6 Å². The van der Waals surface area contributed by atoms with E-state index in [4.69, 9.17) is 4.74 Å². The lowest BCUT2D eigenvalue weighted by molar-refractivity contribution is -0.142. The van der Waals surface area contributed by atoms with Gasteiger partial charge >= 0.3 is 6.18 Å². The van der Waals surface area contributed by atoms with Crippen LogP contribution in [-0.4, -0.2) is 23.1 Å². The van der Waals surface area contributed by atoms with Gasteiger partial charge in [-0.1, -0.05) is 18.2 Å². The van der Waals surface area contributed by atoms with Gasteiger partial charge in [-0.15, -0.1) is 0 Å². The number of nitrogens with one attached hydrogen (secondary N) is 1. The summed E-state index contributed by atoms with van der Waals surface area (Å²) in [7, 11) is 1.56. The summed E-state index contributed by atoms with van der Waals surface area (Å²) >= 11 is 0. The van der Waals surface area contributed by atoms with Crippen molar-refractivity contribution in [1.82, 2.24) is 9.78 Å². The summed E-state index contributed by atoms with van der Waals surface area (Å²) in [5.74, 6) is 0.637. The average molecular weight is 404 g/mol. The van der Waals surface area contributed by atoms with Crippen molar-refractivity contribution in [3.8, 4) is 16.9 Å². The zero-order valence-corrected chi connectivity index (χ0v) is 16.3. The Morgan fingerprint density at radius 3 is 2.55 bits per heavy atom. The molecule has 2 aromatic carbocycles. The van der Waals surface area contributed by atoms with Crippen LogP contribution < -0.4 is 10.2 Å². The lowest BCUT2D eigenvalue weighted by Crippen LogP contribution is -2.19. The highest BCUT2D eigenvalue weighted by molar-refractivity contribution is 5.74. The maximum absolute atomic E-state index is 12.8. The van der Waals surface area contributed by atoms with Gasteiger partial charge in [0.05, 0.1) is 12.8 Å². The summed E-state index contributed by atoms with van der Waals surface area (Å²) in [4.78, 5) is 0. The Labute approximate surface area is 166 Å². The maximum atomic E-state index is 12.8. The molecule has 0 bridgehead atoms. The number of hydrogen-bond donors (Lipinski definition) is 1. The number of benzene rings is 2. The number of methoxy groups -OCH3 is 1. The van der Waals surface area contributed by atoms with Gasteiger partial charge in [-0.25, -0.2) is 0 Å². The molecule has 0 atom stereocenters. The largest absolute Gasteiger partial charge is 0.761 e. The van der Waals surface area contributed by atoms with E-state index in [2.05, 4.69) is 5.10 Å². The molecule has 5 nitrogen and oxygen atoms in total. The molecule has 0 aliphatic heterocycles. The van der Waals surface area contributed by atoms with Gasteiger partial charge in [0.2, 0.25) is 0 Å². The van der Waals surface area contributed by atoms with Gasteiger partial charge in [-0.3, -0.25) is 4.68 Å². The second-order valence-electron chi connectivity index (χ2n) is 6.82. The molecule has 3 rings (SSSR count). The van der Waals surface area contributed by atoms with Crippen molar-refractivity contribution in [3.05, 3.63) is 70.2 Å². The van der Waals surface area contributed by atoms with Gasteiger partial charge < -0.3 is 15.4 Å². The Bertz CT molecular complexity index is 1010. The number of anilines is 1. The zero-order chi connectivity index (χ0) is 21.2. The van der Waals surface area contributed by atoms with Gasteiger partial charge in [-0.05, 0) is 49.2 Å². The Morgan fingerprint density at radius 2 is 1.90 bits per heavy atom. The zero-order valence-electron chi connectivity index (χ0n) is 16.3. The summed E-state index contributed by atoms with van der Waals surface area (Å²) in [6.45, 7) is 2.25. The van der Waals surface area contributed by atoms with Crippen LogP contribution in [0.3, 0.4) is 0 Å². The molecule has 0 saturated heterocycles. The molecule has 0 radical (unpaired) electrons. The van der Waals surface area contributed by atoms with Crippen molar-refractivity contribution in [3.63, 3.8) is 0 Å². The fourth-order valence-electron chi connectivity index (χ4n) is 3.36. The van der Waals surface area contributed by atoms with Crippen LogP contribution in [0.5, 0.6) is 5.75 Å². The summed E-state index contributed by atoms with van der Waals surface area (Å²) in [6, 6.07) is 12.6. The highest BCUT2D eigenvalue weighted by Crippen LogP contribution is 2.33. The second-order valence-corrected chi connectivity index (χ2v) is 6.82. The highest BCUT2D eigenvalue weighted by atomic mass is 19.4. The fraction of sp³-hybridized carbons (Fsp3) is 0.286. The molecule has 1 N–H and O–H groups in total. The van der Waals surface area contributed by atoms with E-state index in [1.54, 1.807) is 39.2 Å². The monoisotopic (exact) mass is 404 g/mol. The van der Waals surface area contributed by atoms with Crippen LogP contribution in [0.15, 0.2) is 42.5 Å².